The minimum absolute atomic E-state index is 0.236. The number of aldehydes is 1. The van der Waals surface area contributed by atoms with Crippen LogP contribution in [0.2, 0.25) is 0 Å². The van der Waals surface area contributed by atoms with Crippen molar-refractivity contribution in [2.75, 3.05) is 6.79 Å². The molecule has 0 fully saturated rings. The van der Waals surface area contributed by atoms with Gasteiger partial charge in [0.2, 0.25) is 6.79 Å². The molecular weight excluding hydrogens is 296 g/mol. The summed E-state index contributed by atoms with van der Waals surface area (Å²) in [4.78, 5) is 10.7. The molecule has 0 saturated carbocycles. The smallest absolute Gasteiger partial charge is 0.231 e. The van der Waals surface area contributed by atoms with Crippen LogP contribution in [0.3, 0.4) is 0 Å². The summed E-state index contributed by atoms with van der Waals surface area (Å²) in [6.45, 7) is 0.236. The normalized spacial score (nSPS) is 12.2. The van der Waals surface area contributed by atoms with Gasteiger partial charge in [-0.1, -0.05) is 0 Å². The minimum Gasteiger partial charge on any atom is -0.457 e. The van der Waals surface area contributed by atoms with Crippen LogP contribution >= 0.6 is 0 Å². The lowest BCUT2D eigenvalue weighted by molar-refractivity contribution is 0.110. The Morgan fingerprint density at radius 1 is 0.870 bits per heavy atom. The van der Waals surface area contributed by atoms with Gasteiger partial charge in [-0.05, 0) is 48.5 Å². The van der Waals surface area contributed by atoms with E-state index in [1.54, 1.807) is 18.2 Å². The Morgan fingerprint density at radius 3 is 2.43 bits per heavy atom. The van der Waals surface area contributed by atoms with Gasteiger partial charge in [0.1, 0.15) is 17.3 Å². The fourth-order valence-electron chi connectivity index (χ4n) is 2.33. The van der Waals surface area contributed by atoms with E-state index in [2.05, 4.69) is 0 Å². The summed E-state index contributed by atoms with van der Waals surface area (Å²) in [6.07, 6.45) is 0.681. The summed E-state index contributed by atoms with van der Waals surface area (Å²) in [5.74, 6) is 3.70. The van der Waals surface area contributed by atoms with E-state index in [4.69, 9.17) is 18.6 Å². The Hall–Kier alpha value is -3.21. The number of benzene rings is 2. The number of rotatable bonds is 4. The minimum atomic E-state index is 0.236. The average molecular weight is 308 g/mol. The van der Waals surface area contributed by atoms with Gasteiger partial charge in [0.25, 0.3) is 0 Å². The van der Waals surface area contributed by atoms with Gasteiger partial charge in [0, 0.05) is 11.6 Å². The monoisotopic (exact) mass is 308 g/mol. The molecule has 5 nitrogen and oxygen atoms in total. The number of ether oxygens (including phenoxy) is 3. The molecule has 23 heavy (non-hydrogen) atoms. The first-order valence-corrected chi connectivity index (χ1v) is 7.05. The standard InChI is InChI=1S/C18H12O5/c19-10-15-6-7-16(23-15)12-1-3-13(4-2-12)22-14-5-8-17-18(9-14)21-11-20-17/h1-10H,11H2. The van der Waals surface area contributed by atoms with Gasteiger partial charge in [-0.15, -0.1) is 0 Å². The maximum Gasteiger partial charge on any atom is 0.231 e. The van der Waals surface area contributed by atoms with Crippen molar-refractivity contribution in [3.63, 3.8) is 0 Å². The van der Waals surface area contributed by atoms with Crippen LogP contribution < -0.4 is 14.2 Å². The number of hydrogen-bond donors (Lipinski definition) is 0. The van der Waals surface area contributed by atoms with E-state index in [-0.39, 0.29) is 6.79 Å². The lowest BCUT2D eigenvalue weighted by Crippen LogP contribution is -1.92. The molecule has 3 aromatic rings. The third-order valence-corrected chi connectivity index (χ3v) is 3.46. The lowest BCUT2D eigenvalue weighted by Gasteiger charge is -2.07. The molecule has 0 bridgehead atoms. The molecule has 0 unspecified atom stereocenters. The molecule has 0 N–H and O–H groups in total. The summed E-state index contributed by atoms with van der Waals surface area (Å²) < 4.78 is 21.8. The van der Waals surface area contributed by atoms with Crippen LogP contribution in [0.15, 0.2) is 59.0 Å². The molecule has 0 aliphatic carbocycles. The first-order chi connectivity index (χ1) is 11.3. The largest absolute Gasteiger partial charge is 0.457 e. The van der Waals surface area contributed by atoms with E-state index in [1.807, 2.05) is 36.4 Å². The molecule has 0 radical (unpaired) electrons. The fraction of sp³-hybridized carbons (Fsp3) is 0.0556. The van der Waals surface area contributed by atoms with E-state index < -0.39 is 0 Å². The maximum absolute atomic E-state index is 10.7. The number of furan rings is 1. The SMILES string of the molecule is O=Cc1ccc(-c2ccc(Oc3ccc4c(c3)OCO4)cc2)o1. The second-order valence-corrected chi connectivity index (χ2v) is 4.96. The Morgan fingerprint density at radius 2 is 1.65 bits per heavy atom. The third-order valence-electron chi connectivity index (χ3n) is 3.46. The van der Waals surface area contributed by atoms with Crippen molar-refractivity contribution in [3.05, 3.63) is 60.4 Å². The Kier molecular flexibility index (Phi) is 3.24. The highest BCUT2D eigenvalue weighted by Gasteiger charge is 2.14. The molecule has 0 atom stereocenters. The molecule has 2 heterocycles. The average Bonchev–Trinajstić information content (AvgIpc) is 3.24. The van der Waals surface area contributed by atoms with Gasteiger partial charge in [0.15, 0.2) is 23.5 Å². The highest BCUT2D eigenvalue weighted by atomic mass is 16.7. The van der Waals surface area contributed by atoms with E-state index >= 15 is 0 Å². The molecular formula is C18H12O5. The summed E-state index contributed by atoms with van der Waals surface area (Å²) >= 11 is 0. The Balaban J connectivity index is 1.53. The molecule has 2 aromatic carbocycles. The number of hydrogen-bond acceptors (Lipinski definition) is 5. The van der Waals surface area contributed by atoms with E-state index in [0.29, 0.717) is 35.1 Å². The first kappa shape index (κ1) is 13.5. The van der Waals surface area contributed by atoms with Crippen molar-refractivity contribution in [3.8, 4) is 34.3 Å². The zero-order chi connectivity index (χ0) is 15.6. The molecule has 0 saturated heterocycles. The maximum atomic E-state index is 10.7. The molecule has 1 aliphatic heterocycles. The van der Waals surface area contributed by atoms with Crippen molar-refractivity contribution in [1.82, 2.24) is 0 Å². The van der Waals surface area contributed by atoms with E-state index in [0.717, 1.165) is 11.3 Å². The van der Waals surface area contributed by atoms with Crippen LogP contribution in [0.4, 0.5) is 0 Å². The predicted molar refractivity (Wildman–Crippen MR) is 82.2 cm³/mol. The highest BCUT2D eigenvalue weighted by Crippen LogP contribution is 2.36. The van der Waals surface area contributed by atoms with Crippen molar-refractivity contribution in [2.45, 2.75) is 0 Å². The van der Waals surface area contributed by atoms with E-state index in [1.165, 1.54) is 0 Å². The summed E-state index contributed by atoms with van der Waals surface area (Å²) in [7, 11) is 0. The summed E-state index contributed by atoms with van der Waals surface area (Å²) in [6, 6.07) is 16.2. The number of carbonyl (C=O) groups excluding carboxylic acids is 1. The van der Waals surface area contributed by atoms with Crippen LogP contribution in [-0.4, -0.2) is 13.1 Å². The third kappa shape index (κ3) is 2.64. The van der Waals surface area contributed by atoms with Gasteiger partial charge < -0.3 is 18.6 Å². The quantitative estimate of drug-likeness (QED) is 0.673. The second-order valence-electron chi connectivity index (χ2n) is 4.96. The molecule has 114 valence electrons. The Labute approximate surface area is 132 Å². The molecule has 5 heteroatoms. The van der Waals surface area contributed by atoms with Gasteiger partial charge in [-0.2, -0.15) is 0 Å². The van der Waals surface area contributed by atoms with Gasteiger partial charge in [-0.25, -0.2) is 0 Å². The van der Waals surface area contributed by atoms with Crippen LogP contribution in [-0.2, 0) is 0 Å². The molecule has 4 rings (SSSR count). The van der Waals surface area contributed by atoms with Gasteiger partial charge in [-0.3, -0.25) is 4.79 Å². The topological polar surface area (TPSA) is 57.9 Å². The molecule has 0 amide bonds. The molecule has 1 aromatic heterocycles. The second kappa shape index (κ2) is 5.53. The van der Waals surface area contributed by atoms with Crippen molar-refractivity contribution >= 4 is 6.29 Å². The Bertz CT molecular complexity index is 848. The lowest BCUT2D eigenvalue weighted by atomic mass is 10.2. The summed E-state index contributed by atoms with van der Waals surface area (Å²) in [5.41, 5.74) is 0.871. The number of fused-ring (bicyclic) bond motifs is 1. The first-order valence-electron chi connectivity index (χ1n) is 7.05. The van der Waals surface area contributed by atoms with Crippen LogP contribution in [0.25, 0.3) is 11.3 Å². The molecule has 1 aliphatic rings. The van der Waals surface area contributed by atoms with E-state index in [9.17, 15) is 4.79 Å². The van der Waals surface area contributed by atoms with Gasteiger partial charge in [0.05, 0.1) is 0 Å². The van der Waals surface area contributed by atoms with Crippen molar-refractivity contribution in [1.29, 1.82) is 0 Å². The van der Waals surface area contributed by atoms with Crippen molar-refractivity contribution in [2.24, 2.45) is 0 Å². The summed E-state index contributed by atoms with van der Waals surface area (Å²) in [5, 5.41) is 0. The fourth-order valence-corrected chi connectivity index (χ4v) is 2.33. The number of carbonyl (C=O) groups is 1. The van der Waals surface area contributed by atoms with Gasteiger partial charge >= 0.3 is 0 Å². The predicted octanol–water partition coefficient (Wildman–Crippen LogP) is 4.28. The highest BCUT2D eigenvalue weighted by molar-refractivity contribution is 5.72. The van der Waals surface area contributed by atoms with Crippen LogP contribution in [0.5, 0.6) is 23.0 Å². The van der Waals surface area contributed by atoms with Crippen molar-refractivity contribution < 1.29 is 23.4 Å². The zero-order valence-corrected chi connectivity index (χ0v) is 12.0. The zero-order valence-electron chi connectivity index (χ0n) is 12.0. The molecule has 0 spiro atoms. The van der Waals surface area contributed by atoms with Crippen LogP contribution in [0.1, 0.15) is 10.6 Å². The van der Waals surface area contributed by atoms with Crippen LogP contribution in [0, 0.1) is 0 Å².